The minimum atomic E-state index is -3.29. The first-order valence-corrected chi connectivity index (χ1v) is 9.74. The van der Waals surface area contributed by atoms with Crippen molar-refractivity contribution in [2.45, 2.75) is 31.9 Å². The molecule has 1 N–H and O–H groups in total. The summed E-state index contributed by atoms with van der Waals surface area (Å²) in [7, 11) is -3.29. The van der Waals surface area contributed by atoms with E-state index in [1.54, 1.807) is 4.31 Å². The zero-order chi connectivity index (χ0) is 16.6. The molecule has 6 heteroatoms. The third-order valence-corrected chi connectivity index (χ3v) is 6.97. The summed E-state index contributed by atoms with van der Waals surface area (Å²) in [5.41, 5.74) is 1.93. The molecule has 1 aromatic rings. The van der Waals surface area contributed by atoms with Gasteiger partial charge in [-0.3, -0.25) is 4.79 Å². The number of hydrogen-bond acceptors (Lipinski definition) is 3. The Bertz CT molecular complexity index is 675. The highest BCUT2D eigenvalue weighted by atomic mass is 32.2. The summed E-state index contributed by atoms with van der Waals surface area (Å²) in [4.78, 5) is 11.0. The number of nitrogens with zero attached hydrogens (tertiary/aromatic N) is 1. The van der Waals surface area contributed by atoms with Gasteiger partial charge in [-0.25, -0.2) is 12.7 Å². The van der Waals surface area contributed by atoms with E-state index in [0.717, 1.165) is 30.4 Å². The Hall–Kier alpha value is -1.40. The van der Waals surface area contributed by atoms with Crippen LogP contribution < -0.4 is 0 Å². The molecule has 0 radical (unpaired) electrons. The quantitative estimate of drug-likeness (QED) is 0.894. The van der Waals surface area contributed by atoms with E-state index in [4.69, 9.17) is 5.11 Å². The predicted molar refractivity (Wildman–Crippen MR) is 87.3 cm³/mol. The van der Waals surface area contributed by atoms with Gasteiger partial charge in [0.15, 0.2) is 0 Å². The average molecular weight is 337 g/mol. The van der Waals surface area contributed by atoms with Crippen molar-refractivity contribution in [1.82, 2.24) is 4.31 Å². The average Bonchev–Trinajstić information content (AvgIpc) is 3.30. The van der Waals surface area contributed by atoms with Gasteiger partial charge < -0.3 is 5.11 Å². The van der Waals surface area contributed by atoms with E-state index in [-0.39, 0.29) is 17.6 Å². The molecule has 0 aromatic heterocycles. The van der Waals surface area contributed by atoms with Gasteiger partial charge >= 0.3 is 5.97 Å². The summed E-state index contributed by atoms with van der Waals surface area (Å²) in [5, 5.41) is 9.01. The van der Waals surface area contributed by atoms with Crippen LogP contribution in [-0.4, -0.2) is 36.9 Å². The van der Waals surface area contributed by atoms with Crippen molar-refractivity contribution < 1.29 is 18.3 Å². The summed E-state index contributed by atoms with van der Waals surface area (Å²) in [6.45, 7) is 3.01. The Morgan fingerprint density at radius 1 is 1.22 bits per heavy atom. The SMILES string of the molecule is Cc1ccc(CS(=O)(=O)N2CCC([C@@H]3C[C@H]3C(=O)O)CC2)cc1. The predicted octanol–water partition coefficient (Wildman–Crippen LogP) is 2.26. The second kappa shape index (κ2) is 6.24. The van der Waals surface area contributed by atoms with Gasteiger partial charge in [-0.05, 0) is 43.6 Å². The summed E-state index contributed by atoms with van der Waals surface area (Å²) in [5.74, 6) is -0.240. The highest BCUT2D eigenvalue weighted by Crippen LogP contribution is 2.48. The molecule has 0 unspecified atom stereocenters. The van der Waals surface area contributed by atoms with Crippen LogP contribution in [0.25, 0.3) is 0 Å². The number of carboxylic acids is 1. The molecule has 2 atom stereocenters. The van der Waals surface area contributed by atoms with E-state index >= 15 is 0 Å². The Labute approximate surface area is 137 Å². The van der Waals surface area contributed by atoms with Crippen LogP contribution in [0.4, 0.5) is 0 Å². The largest absolute Gasteiger partial charge is 0.481 e. The van der Waals surface area contributed by atoms with Crippen molar-refractivity contribution in [3.8, 4) is 0 Å². The molecule has 2 fully saturated rings. The number of aryl methyl sites for hydroxylation is 1. The van der Waals surface area contributed by atoms with Gasteiger partial charge in [0, 0.05) is 13.1 Å². The maximum absolute atomic E-state index is 12.5. The van der Waals surface area contributed by atoms with Crippen LogP contribution in [0, 0.1) is 24.7 Å². The number of aliphatic carboxylic acids is 1. The fourth-order valence-corrected chi connectivity index (χ4v) is 5.15. The topological polar surface area (TPSA) is 74.7 Å². The summed E-state index contributed by atoms with van der Waals surface area (Å²) >= 11 is 0. The lowest BCUT2D eigenvalue weighted by Crippen LogP contribution is -2.39. The zero-order valence-corrected chi connectivity index (χ0v) is 14.1. The molecular weight excluding hydrogens is 314 g/mol. The van der Waals surface area contributed by atoms with Crippen LogP contribution >= 0.6 is 0 Å². The van der Waals surface area contributed by atoms with Gasteiger partial charge in [-0.2, -0.15) is 0 Å². The normalized spacial score (nSPS) is 26.1. The molecule has 0 spiro atoms. The second-order valence-corrected chi connectivity index (χ2v) is 8.79. The van der Waals surface area contributed by atoms with Gasteiger partial charge in [0.05, 0.1) is 11.7 Å². The fourth-order valence-electron chi connectivity index (χ4n) is 3.59. The van der Waals surface area contributed by atoms with Gasteiger partial charge in [-0.15, -0.1) is 0 Å². The third kappa shape index (κ3) is 3.75. The standard InChI is InChI=1S/C17H23NO4S/c1-12-2-4-13(5-3-12)11-23(21,22)18-8-6-14(7-9-18)15-10-16(15)17(19)20/h2-5,14-16H,6-11H2,1H3,(H,19,20)/t15-,16+/m0/s1. The fraction of sp³-hybridized carbons (Fsp3) is 0.588. The molecule has 3 rings (SSSR count). The second-order valence-electron chi connectivity index (χ2n) is 6.82. The van der Waals surface area contributed by atoms with Gasteiger partial charge in [0.1, 0.15) is 0 Å². The maximum atomic E-state index is 12.5. The minimum Gasteiger partial charge on any atom is -0.481 e. The minimum absolute atomic E-state index is 0.0408. The maximum Gasteiger partial charge on any atom is 0.306 e. The molecule has 1 aliphatic carbocycles. The van der Waals surface area contributed by atoms with Crippen molar-refractivity contribution in [2.24, 2.45) is 17.8 Å². The van der Waals surface area contributed by atoms with Crippen LogP contribution in [0.5, 0.6) is 0 Å². The molecule has 1 heterocycles. The first-order valence-electron chi connectivity index (χ1n) is 8.13. The molecule has 1 saturated carbocycles. The number of sulfonamides is 1. The Balaban J connectivity index is 1.56. The van der Waals surface area contributed by atoms with Crippen molar-refractivity contribution >= 4 is 16.0 Å². The third-order valence-electron chi connectivity index (χ3n) is 5.12. The smallest absolute Gasteiger partial charge is 0.306 e. The summed E-state index contributed by atoms with van der Waals surface area (Å²) in [6.07, 6.45) is 2.32. The van der Waals surface area contributed by atoms with E-state index in [9.17, 15) is 13.2 Å². The highest BCUT2D eigenvalue weighted by Gasteiger charge is 2.48. The van der Waals surface area contributed by atoms with Crippen LogP contribution in [0.2, 0.25) is 0 Å². The van der Waals surface area contributed by atoms with E-state index in [0.29, 0.717) is 19.0 Å². The molecule has 1 saturated heterocycles. The Morgan fingerprint density at radius 2 is 1.83 bits per heavy atom. The number of hydrogen-bond donors (Lipinski definition) is 1. The first-order chi connectivity index (χ1) is 10.9. The lowest BCUT2D eigenvalue weighted by molar-refractivity contribution is -0.139. The zero-order valence-electron chi connectivity index (χ0n) is 13.3. The summed E-state index contributed by atoms with van der Waals surface area (Å²) < 4.78 is 26.6. The number of carbonyl (C=O) groups is 1. The molecule has 5 nitrogen and oxygen atoms in total. The highest BCUT2D eigenvalue weighted by molar-refractivity contribution is 7.88. The van der Waals surface area contributed by atoms with Gasteiger partial charge in [-0.1, -0.05) is 29.8 Å². The lowest BCUT2D eigenvalue weighted by Gasteiger charge is -2.31. The van der Waals surface area contributed by atoms with Crippen molar-refractivity contribution in [3.05, 3.63) is 35.4 Å². The number of rotatable bonds is 5. The van der Waals surface area contributed by atoms with Crippen LogP contribution in [0.15, 0.2) is 24.3 Å². The van der Waals surface area contributed by atoms with Gasteiger partial charge in [0.25, 0.3) is 0 Å². The molecule has 0 bridgehead atoms. The monoisotopic (exact) mass is 337 g/mol. The van der Waals surface area contributed by atoms with E-state index in [1.807, 2.05) is 31.2 Å². The lowest BCUT2D eigenvalue weighted by atomic mass is 9.92. The number of piperidine rings is 1. The van der Waals surface area contributed by atoms with Crippen LogP contribution in [0.1, 0.15) is 30.4 Å². The van der Waals surface area contributed by atoms with E-state index < -0.39 is 16.0 Å². The number of carboxylic acid groups (broad SMARTS) is 1. The molecule has 2 aliphatic rings. The van der Waals surface area contributed by atoms with E-state index in [2.05, 4.69) is 0 Å². The van der Waals surface area contributed by atoms with Crippen molar-refractivity contribution in [2.75, 3.05) is 13.1 Å². The van der Waals surface area contributed by atoms with Gasteiger partial charge in [0.2, 0.25) is 10.0 Å². The molecule has 1 aromatic carbocycles. The molecule has 0 amide bonds. The Kier molecular flexibility index (Phi) is 4.47. The molecule has 1 aliphatic heterocycles. The molecule has 126 valence electrons. The van der Waals surface area contributed by atoms with Crippen LogP contribution in [-0.2, 0) is 20.6 Å². The number of benzene rings is 1. The molecular formula is C17H23NO4S. The van der Waals surface area contributed by atoms with Crippen molar-refractivity contribution in [3.63, 3.8) is 0 Å². The van der Waals surface area contributed by atoms with E-state index in [1.165, 1.54) is 0 Å². The Morgan fingerprint density at radius 3 is 2.35 bits per heavy atom. The van der Waals surface area contributed by atoms with Crippen LogP contribution in [0.3, 0.4) is 0 Å². The first kappa shape index (κ1) is 16.5. The van der Waals surface area contributed by atoms with Crippen molar-refractivity contribution in [1.29, 1.82) is 0 Å². The molecule has 23 heavy (non-hydrogen) atoms. The summed E-state index contributed by atoms with van der Waals surface area (Å²) in [6, 6.07) is 7.58.